The van der Waals surface area contributed by atoms with Crippen molar-refractivity contribution in [3.05, 3.63) is 30.3 Å². The van der Waals surface area contributed by atoms with Gasteiger partial charge in [0.15, 0.2) is 0 Å². The summed E-state index contributed by atoms with van der Waals surface area (Å²) < 4.78 is 33.6. The molecule has 2 fully saturated rings. The van der Waals surface area contributed by atoms with Crippen molar-refractivity contribution in [3.8, 4) is 0 Å². The van der Waals surface area contributed by atoms with Crippen LogP contribution in [0.25, 0.3) is 0 Å². The van der Waals surface area contributed by atoms with Gasteiger partial charge in [-0.2, -0.15) is 0 Å². The number of hydrogen-bond donors (Lipinski definition) is 2. The fourth-order valence-corrected chi connectivity index (χ4v) is 4.96. The first-order valence-corrected chi connectivity index (χ1v) is 9.65. The highest BCUT2D eigenvalue weighted by Gasteiger charge is 2.36. The molecule has 1 saturated heterocycles. The van der Waals surface area contributed by atoms with Crippen molar-refractivity contribution in [2.75, 3.05) is 26.3 Å². The number of benzene rings is 1. The first-order chi connectivity index (χ1) is 10.7. The van der Waals surface area contributed by atoms with Crippen LogP contribution in [0, 0.1) is 0 Å². The molecule has 2 aliphatic rings. The molecule has 1 aliphatic carbocycles. The maximum atomic E-state index is 12.6. The molecule has 6 heteroatoms. The number of rotatable bonds is 4. The van der Waals surface area contributed by atoms with Gasteiger partial charge >= 0.3 is 0 Å². The molecule has 1 aliphatic heterocycles. The van der Waals surface area contributed by atoms with Crippen molar-refractivity contribution in [1.82, 2.24) is 4.72 Å². The molecule has 0 radical (unpaired) electrons. The monoisotopic (exact) mass is 325 g/mol. The quantitative estimate of drug-likeness (QED) is 0.831. The Morgan fingerprint density at radius 1 is 1.05 bits per heavy atom. The van der Waals surface area contributed by atoms with E-state index in [-0.39, 0.29) is 6.04 Å². The van der Waals surface area contributed by atoms with Gasteiger partial charge < -0.3 is 9.64 Å². The molecule has 1 aromatic rings. The molecule has 22 heavy (non-hydrogen) atoms. The van der Waals surface area contributed by atoms with Crippen LogP contribution in [0.1, 0.15) is 25.7 Å². The second kappa shape index (κ2) is 7.08. The fraction of sp³-hybridized carbons (Fsp3) is 0.625. The molecule has 1 saturated carbocycles. The highest BCUT2D eigenvalue weighted by molar-refractivity contribution is 7.89. The van der Waals surface area contributed by atoms with Crippen LogP contribution < -0.4 is 9.62 Å². The molecule has 0 amide bonds. The maximum Gasteiger partial charge on any atom is 0.241 e. The summed E-state index contributed by atoms with van der Waals surface area (Å²) in [5.41, 5.74) is 0. The Bertz CT molecular complexity index is 570. The van der Waals surface area contributed by atoms with Crippen molar-refractivity contribution in [3.63, 3.8) is 0 Å². The largest absolute Gasteiger partial charge is 0.370 e. The van der Waals surface area contributed by atoms with E-state index in [0.717, 1.165) is 45.6 Å². The lowest BCUT2D eigenvalue weighted by atomic mass is 9.89. The fourth-order valence-electron chi connectivity index (χ4n) is 3.63. The van der Waals surface area contributed by atoms with Gasteiger partial charge in [-0.05, 0) is 25.0 Å². The second-order valence-electron chi connectivity index (χ2n) is 6.20. The molecule has 5 nitrogen and oxygen atoms in total. The lowest BCUT2D eigenvalue weighted by molar-refractivity contribution is -0.935. The molecular weight excluding hydrogens is 300 g/mol. The molecule has 0 aromatic heterocycles. The number of hydrogen-bond acceptors (Lipinski definition) is 3. The Morgan fingerprint density at radius 3 is 2.45 bits per heavy atom. The summed E-state index contributed by atoms with van der Waals surface area (Å²) in [5, 5.41) is 0. The summed E-state index contributed by atoms with van der Waals surface area (Å²) in [6, 6.07) is 9.08. The van der Waals surface area contributed by atoms with Crippen LogP contribution in [0.5, 0.6) is 0 Å². The minimum absolute atomic E-state index is 0.0343. The van der Waals surface area contributed by atoms with Crippen molar-refractivity contribution < 1.29 is 18.1 Å². The number of morpholine rings is 1. The van der Waals surface area contributed by atoms with Crippen molar-refractivity contribution >= 4 is 10.0 Å². The Balaban J connectivity index is 1.73. The zero-order valence-electron chi connectivity index (χ0n) is 12.8. The summed E-state index contributed by atoms with van der Waals surface area (Å²) in [5.74, 6) is 0. The Kier molecular flexibility index (Phi) is 5.13. The molecule has 122 valence electrons. The summed E-state index contributed by atoms with van der Waals surface area (Å²) in [7, 11) is -3.43. The lowest BCUT2D eigenvalue weighted by Gasteiger charge is -2.38. The second-order valence-corrected chi connectivity index (χ2v) is 7.92. The third-order valence-electron chi connectivity index (χ3n) is 4.79. The normalized spacial score (nSPS) is 27.6. The Hall–Kier alpha value is -0.950. The van der Waals surface area contributed by atoms with Crippen LogP contribution in [-0.2, 0) is 14.8 Å². The highest BCUT2D eigenvalue weighted by atomic mass is 32.2. The molecule has 0 unspecified atom stereocenters. The van der Waals surface area contributed by atoms with Gasteiger partial charge in [-0.15, -0.1) is 0 Å². The minimum Gasteiger partial charge on any atom is -0.370 e. The molecule has 3 rings (SSSR count). The maximum absolute atomic E-state index is 12.6. The van der Waals surface area contributed by atoms with Crippen LogP contribution in [0.4, 0.5) is 0 Å². The Morgan fingerprint density at radius 2 is 1.73 bits per heavy atom. The number of sulfonamides is 1. The van der Waals surface area contributed by atoms with Crippen molar-refractivity contribution in [1.29, 1.82) is 0 Å². The van der Waals surface area contributed by atoms with Crippen LogP contribution in [0.2, 0.25) is 0 Å². The van der Waals surface area contributed by atoms with Gasteiger partial charge in [0.25, 0.3) is 0 Å². The SMILES string of the molecule is O=S(=O)(N[C@@H]1CCCC[C@@H]1[NH+]1CCOCC1)c1ccccc1. The molecule has 2 N–H and O–H groups in total. The molecule has 1 heterocycles. The van der Waals surface area contributed by atoms with Crippen molar-refractivity contribution in [2.45, 2.75) is 42.7 Å². The summed E-state index contributed by atoms with van der Waals surface area (Å²) >= 11 is 0. The van der Waals surface area contributed by atoms with E-state index < -0.39 is 10.0 Å². The predicted molar refractivity (Wildman–Crippen MR) is 84.3 cm³/mol. The van der Waals surface area contributed by atoms with E-state index in [9.17, 15) is 8.42 Å². The third kappa shape index (κ3) is 3.68. The van der Waals surface area contributed by atoms with Crippen molar-refractivity contribution in [2.24, 2.45) is 0 Å². The standard InChI is InChI=1S/C16H24N2O3S/c19-22(20,14-6-2-1-3-7-14)17-15-8-4-5-9-16(15)18-10-12-21-13-11-18/h1-3,6-7,15-17H,4-5,8-13H2/p+1/t15-,16+/m1/s1. The zero-order chi connectivity index (χ0) is 15.4. The summed E-state index contributed by atoms with van der Waals surface area (Å²) in [4.78, 5) is 1.85. The Labute approximate surface area is 132 Å². The van der Waals surface area contributed by atoms with Gasteiger partial charge in [-0.25, -0.2) is 13.1 Å². The van der Waals surface area contributed by atoms with Crippen LogP contribution in [0.3, 0.4) is 0 Å². The van der Waals surface area contributed by atoms with E-state index >= 15 is 0 Å². The van der Waals surface area contributed by atoms with E-state index in [0.29, 0.717) is 10.9 Å². The smallest absolute Gasteiger partial charge is 0.241 e. The van der Waals surface area contributed by atoms with Gasteiger partial charge in [-0.3, -0.25) is 0 Å². The minimum atomic E-state index is -3.43. The van der Waals surface area contributed by atoms with E-state index in [1.807, 2.05) is 6.07 Å². The van der Waals surface area contributed by atoms with Gasteiger partial charge in [0, 0.05) is 6.42 Å². The molecule has 0 spiro atoms. The summed E-state index contributed by atoms with van der Waals surface area (Å²) in [6.07, 6.45) is 4.32. The van der Waals surface area contributed by atoms with Gasteiger partial charge in [0.05, 0.1) is 24.2 Å². The van der Waals surface area contributed by atoms with Gasteiger partial charge in [0.1, 0.15) is 19.1 Å². The molecule has 2 atom stereocenters. The first-order valence-electron chi connectivity index (χ1n) is 8.16. The average molecular weight is 325 g/mol. The zero-order valence-corrected chi connectivity index (χ0v) is 13.6. The number of quaternary nitrogens is 1. The average Bonchev–Trinajstić information content (AvgIpc) is 2.57. The molecule has 0 bridgehead atoms. The van der Waals surface area contributed by atoms with E-state index in [2.05, 4.69) is 4.72 Å². The summed E-state index contributed by atoms with van der Waals surface area (Å²) in [6.45, 7) is 3.52. The highest BCUT2D eigenvalue weighted by Crippen LogP contribution is 2.19. The molecular formula is C16H25N2O3S+. The topological polar surface area (TPSA) is 59.8 Å². The third-order valence-corrected chi connectivity index (χ3v) is 6.29. The van der Waals surface area contributed by atoms with Crippen LogP contribution in [-0.4, -0.2) is 46.8 Å². The lowest BCUT2D eigenvalue weighted by Crippen LogP contribution is -3.19. The number of ether oxygens (including phenoxy) is 1. The molecule has 1 aromatic carbocycles. The van der Waals surface area contributed by atoms with Crippen LogP contribution in [0.15, 0.2) is 35.2 Å². The van der Waals surface area contributed by atoms with Crippen LogP contribution >= 0.6 is 0 Å². The van der Waals surface area contributed by atoms with Gasteiger partial charge in [-0.1, -0.05) is 24.6 Å². The van der Waals surface area contributed by atoms with E-state index in [4.69, 9.17) is 4.74 Å². The van der Waals surface area contributed by atoms with Gasteiger partial charge in [0.2, 0.25) is 10.0 Å². The van der Waals surface area contributed by atoms with E-state index in [1.54, 1.807) is 24.3 Å². The van der Waals surface area contributed by atoms with E-state index in [1.165, 1.54) is 11.3 Å². The predicted octanol–water partition coefficient (Wildman–Crippen LogP) is 0.191. The number of nitrogens with one attached hydrogen (secondary N) is 2. The first kappa shape index (κ1) is 15.9.